The predicted octanol–water partition coefficient (Wildman–Crippen LogP) is 3.58. The van der Waals surface area contributed by atoms with Gasteiger partial charge < -0.3 is 4.90 Å². The third-order valence-corrected chi connectivity index (χ3v) is 5.22. The van der Waals surface area contributed by atoms with Crippen LogP contribution in [0.2, 0.25) is 0 Å². The van der Waals surface area contributed by atoms with Gasteiger partial charge in [0, 0.05) is 35.9 Å². The summed E-state index contributed by atoms with van der Waals surface area (Å²) < 4.78 is 1.82. The number of carbonyl (C=O) groups excluding carboxylic acids is 1. The average Bonchev–Trinajstić information content (AvgIpc) is 3.30. The summed E-state index contributed by atoms with van der Waals surface area (Å²) in [6.45, 7) is 2.86. The number of para-hydroxylation sites is 1. The summed E-state index contributed by atoms with van der Waals surface area (Å²) in [6, 6.07) is 11.7. The van der Waals surface area contributed by atoms with Crippen LogP contribution in [0.25, 0.3) is 10.9 Å². The van der Waals surface area contributed by atoms with Crippen molar-refractivity contribution in [1.29, 1.82) is 0 Å². The standard InChI is InChI=1S/C20H19N5OS/c1-14-9-17(23-24(14)2)12-25(13-19-21-7-8-27-19)20(26)16-10-15-5-3-4-6-18(15)22-11-16/h3-11H,12-13H2,1-2H3. The molecule has 4 aromatic rings. The molecule has 0 unspecified atom stereocenters. The molecule has 136 valence electrons. The first kappa shape index (κ1) is 17.4. The maximum atomic E-state index is 13.2. The second kappa shape index (κ2) is 7.28. The molecule has 6 nitrogen and oxygen atoms in total. The summed E-state index contributed by atoms with van der Waals surface area (Å²) in [6.07, 6.45) is 3.40. The summed E-state index contributed by atoms with van der Waals surface area (Å²) in [5.41, 5.74) is 3.35. The van der Waals surface area contributed by atoms with Crippen molar-refractivity contribution in [3.05, 3.63) is 76.1 Å². The van der Waals surface area contributed by atoms with E-state index in [-0.39, 0.29) is 5.91 Å². The fraction of sp³-hybridized carbons (Fsp3) is 0.200. The molecule has 0 N–H and O–H groups in total. The maximum Gasteiger partial charge on any atom is 0.256 e. The van der Waals surface area contributed by atoms with Gasteiger partial charge >= 0.3 is 0 Å². The Morgan fingerprint density at radius 1 is 1.19 bits per heavy atom. The van der Waals surface area contributed by atoms with E-state index in [0.29, 0.717) is 18.7 Å². The Morgan fingerprint density at radius 2 is 2.04 bits per heavy atom. The number of hydrogen-bond acceptors (Lipinski definition) is 5. The molecule has 3 heterocycles. The van der Waals surface area contributed by atoms with E-state index < -0.39 is 0 Å². The highest BCUT2D eigenvalue weighted by Gasteiger charge is 2.20. The van der Waals surface area contributed by atoms with E-state index in [4.69, 9.17) is 0 Å². The highest BCUT2D eigenvalue weighted by atomic mass is 32.1. The minimum Gasteiger partial charge on any atom is -0.326 e. The molecule has 0 atom stereocenters. The summed E-state index contributed by atoms with van der Waals surface area (Å²) in [7, 11) is 1.90. The van der Waals surface area contributed by atoms with Crippen LogP contribution in [-0.2, 0) is 20.1 Å². The van der Waals surface area contributed by atoms with Gasteiger partial charge in [0.2, 0.25) is 0 Å². The highest BCUT2D eigenvalue weighted by Crippen LogP contribution is 2.18. The smallest absolute Gasteiger partial charge is 0.256 e. The van der Waals surface area contributed by atoms with Gasteiger partial charge in [0.1, 0.15) is 5.01 Å². The normalized spacial score (nSPS) is 11.0. The Morgan fingerprint density at radius 3 is 2.78 bits per heavy atom. The van der Waals surface area contributed by atoms with Crippen LogP contribution in [-0.4, -0.2) is 30.6 Å². The van der Waals surface area contributed by atoms with Gasteiger partial charge in [0.25, 0.3) is 5.91 Å². The molecule has 0 saturated carbocycles. The van der Waals surface area contributed by atoms with Crippen LogP contribution in [0.4, 0.5) is 0 Å². The molecule has 0 radical (unpaired) electrons. The largest absolute Gasteiger partial charge is 0.326 e. The van der Waals surface area contributed by atoms with Crippen LogP contribution >= 0.6 is 11.3 Å². The molecule has 1 aromatic carbocycles. The lowest BCUT2D eigenvalue weighted by Gasteiger charge is -2.21. The van der Waals surface area contributed by atoms with Crippen LogP contribution in [0.15, 0.2) is 54.2 Å². The number of carbonyl (C=O) groups is 1. The first-order valence-electron chi connectivity index (χ1n) is 8.62. The Balaban J connectivity index is 1.65. The number of amides is 1. The van der Waals surface area contributed by atoms with E-state index in [9.17, 15) is 4.79 Å². The molecule has 1 amide bonds. The molecule has 3 aromatic heterocycles. The van der Waals surface area contributed by atoms with Gasteiger partial charge in [-0.25, -0.2) is 4.98 Å². The Hall–Kier alpha value is -3.06. The van der Waals surface area contributed by atoms with Crippen LogP contribution in [0.1, 0.15) is 26.8 Å². The van der Waals surface area contributed by atoms with Gasteiger partial charge in [-0.15, -0.1) is 11.3 Å². The lowest BCUT2D eigenvalue weighted by molar-refractivity contribution is 0.0727. The Labute approximate surface area is 161 Å². The number of benzene rings is 1. The summed E-state index contributed by atoms with van der Waals surface area (Å²) in [5.74, 6) is -0.0771. The van der Waals surface area contributed by atoms with Crippen molar-refractivity contribution < 1.29 is 4.79 Å². The van der Waals surface area contributed by atoms with Crippen molar-refractivity contribution in [2.24, 2.45) is 7.05 Å². The van der Waals surface area contributed by atoms with Crippen molar-refractivity contribution in [1.82, 2.24) is 24.6 Å². The van der Waals surface area contributed by atoms with E-state index in [1.807, 2.05) is 60.4 Å². The molecular formula is C20H19N5OS. The lowest BCUT2D eigenvalue weighted by Crippen LogP contribution is -2.30. The van der Waals surface area contributed by atoms with E-state index >= 15 is 0 Å². The van der Waals surface area contributed by atoms with Crippen LogP contribution in [0, 0.1) is 6.92 Å². The van der Waals surface area contributed by atoms with Gasteiger partial charge in [-0.05, 0) is 25.1 Å². The third kappa shape index (κ3) is 3.73. The number of rotatable bonds is 5. The summed E-state index contributed by atoms with van der Waals surface area (Å²) in [5, 5.41) is 8.26. The Kier molecular flexibility index (Phi) is 4.68. The summed E-state index contributed by atoms with van der Waals surface area (Å²) >= 11 is 1.54. The zero-order valence-electron chi connectivity index (χ0n) is 15.2. The first-order chi connectivity index (χ1) is 13.1. The molecule has 7 heteroatoms. The topological polar surface area (TPSA) is 63.9 Å². The minimum absolute atomic E-state index is 0.0771. The first-order valence-corrected chi connectivity index (χ1v) is 9.50. The van der Waals surface area contributed by atoms with Crippen LogP contribution in [0.3, 0.4) is 0 Å². The van der Waals surface area contributed by atoms with Crippen LogP contribution in [0.5, 0.6) is 0 Å². The highest BCUT2D eigenvalue weighted by molar-refractivity contribution is 7.09. The fourth-order valence-corrected chi connectivity index (χ4v) is 3.60. The van der Waals surface area contributed by atoms with E-state index in [1.54, 1.807) is 17.3 Å². The molecule has 0 saturated heterocycles. The number of nitrogens with zero attached hydrogens (tertiary/aromatic N) is 5. The number of aryl methyl sites for hydroxylation is 2. The molecule has 27 heavy (non-hydrogen) atoms. The van der Waals surface area contributed by atoms with Gasteiger partial charge in [-0.2, -0.15) is 5.10 Å². The molecular weight excluding hydrogens is 358 g/mol. The summed E-state index contributed by atoms with van der Waals surface area (Å²) in [4.78, 5) is 23.8. The van der Waals surface area contributed by atoms with Gasteiger partial charge in [-0.3, -0.25) is 14.5 Å². The maximum absolute atomic E-state index is 13.2. The number of fused-ring (bicyclic) bond motifs is 1. The average molecular weight is 377 g/mol. The fourth-order valence-electron chi connectivity index (χ4n) is 2.97. The monoisotopic (exact) mass is 377 g/mol. The number of pyridine rings is 1. The molecule has 0 aliphatic carbocycles. The zero-order chi connectivity index (χ0) is 18.8. The number of thiazole rings is 1. The van der Waals surface area contributed by atoms with Crippen molar-refractivity contribution >= 4 is 28.1 Å². The van der Waals surface area contributed by atoms with Crippen molar-refractivity contribution in [3.8, 4) is 0 Å². The van der Waals surface area contributed by atoms with E-state index in [2.05, 4.69) is 15.1 Å². The zero-order valence-corrected chi connectivity index (χ0v) is 16.0. The van der Waals surface area contributed by atoms with E-state index in [1.165, 1.54) is 11.3 Å². The molecule has 0 aliphatic rings. The molecule has 0 fully saturated rings. The predicted molar refractivity (Wildman–Crippen MR) is 105 cm³/mol. The quantitative estimate of drug-likeness (QED) is 0.533. The second-order valence-electron chi connectivity index (χ2n) is 6.40. The minimum atomic E-state index is -0.0771. The van der Waals surface area contributed by atoms with Gasteiger partial charge in [-0.1, -0.05) is 18.2 Å². The lowest BCUT2D eigenvalue weighted by atomic mass is 10.1. The Bertz CT molecular complexity index is 1070. The molecule has 0 spiro atoms. The van der Waals surface area contributed by atoms with Crippen molar-refractivity contribution in [2.75, 3.05) is 0 Å². The number of hydrogen-bond donors (Lipinski definition) is 0. The van der Waals surface area contributed by atoms with Crippen molar-refractivity contribution in [3.63, 3.8) is 0 Å². The van der Waals surface area contributed by atoms with Crippen LogP contribution < -0.4 is 0 Å². The molecule has 4 rings (SSSR count). The molecule has 0 aliphatic heterocycles. The van der Waals surface area contributed by atoms with Gasteiger partial charge in [0.15, 0.2) is 0 Å². The number of aromatic nitrogens is 4. The third-order valence-electron chi connectivity index (χ3n) is 4.45. The van der Waals surface area contributed by atoms with E-state index in [0.717, 1.165) is 27.3 Å². The SMILES string of the molecule is Cc1cc(CN(Cc2nccs2)C(=O)c2cnc3ccccc3c2)nn1C. The molecule has 0 bridgehead atoms. The van der Waals surface area contributed by atoms with Crippen molar-refractivity contribution in [2.45, 2.75) is 20.0 Å². The second-order valence-corrected chi connectivity index (χ2v) is 7.38. The van der Waals surface area contributed by atoms with Gasteiger partial charge in [0.05, 0.1) is 29.9 Å².